The monoisotopic (exact) mass is 271 g/mol. The Bertz CT molecular complexity index is 390. The molecule has 1 aromatic rings. The summed E-state index contributed by atoms with van der Waals surface area (Å²) in [5.74, 6) is 0. The summed E-state index contributed by atoms with van der Waals surface area (Å²) in [6, 6.07) is 3.43. The van der Waals surface area contributed by atoms with Crippen LogP contribution in [0.2, 0.25) is 0 Å². The summed E-state index contributed by atoms with van der Waals surface area (Å²) in [6.45, 7) is 1.91. The van der Waals surface area contributed by atoms with Gasteiger partial charge in [-0.25, -0.2) is 4.79 Å². The van der Waals surface area contributed by atoms with Crippen LogP contribution in [0.4, 0.5) is 16.2 Å². The molecule has 0 aliphatic rings. The second-order valence-corrected chi connectivity index (χ2v) is 4.37. The molecule has 0 radical (unpaired) electrons. The summed E-state index contributed by atoms with van der Waals surface area (Å²) >= 11 is 3.37. The van der Waals surface area contributed by atoms with Crippen LogP contribution >= 0.6 is 15.9 Å². The van der Waals surface area contributed by atoms with E-state index in [1.165, 1.54) is 4.90 Å². The minimum absolute atomic E-state index is 0.182. The van der Waals surface area contributed by atoms with Crippen LogP contribution in [0.15, 0.2) is 16.6 Å². The number of carbonyl (C=O) groups excluding carboxylic acids is 1. The normalized spacial score (nSPS) is 9.87. The second-order valence-electron chi connectivity index (χ2n) is 3.51. The summed E-state index contributed by atoms with van der Waals surface area (Å²) in [6.07, 6.45) is 0. The summed E-state index contributed by atoms with van der Waals surface area (Å²) in [4.78, 5) is 12.9. The lowest BCUT2D eigenvalue weighted by atomic mass is 10.2. The lowest BCUT2D eigenvalue weighted by Gasteiger charge is -2.14. The lowest BCUT2D eigenvalue weighted by Crippen LogP contribution is -2.27. The van der Waals surface area contributed by atoms with Crippen molar-refractivity contribution in [2.75, 3.05) is 25.1 Å². The van der Waals surface area contributed by atoms with Crippen LogP contribution in [-0.4, -0.2) is 25.0 Å². The minimum atomic E-state index is -0.182. The molecule has 0 aliphatic heterocycles. The molecule has 0 spiro atoms. The zero-order chi connectivity index (χ0) is 11.6. The maximum Gasteiger partial charge on any atom is 0.321 e. The van der Waals surface area contributed by atoms with Gasteiger partial charge in [-0.05, 0) is 40.5 Å². The highest BCUT2D eigenvalue weighted by Crippen LogP contribution is 2.27. The van der Waals surface area contributed by atoms with Crippen molar-refractivity contribution in [3.63, 3.8) is 0 Å². The molecule has 0 aromatic heterocycles. The van der Waals surface area contributed by atoms with Crippen molar-refractivity contribution in [1.82, 2.24) is 4.90 Å². The first-order valence-corrected chi connectivity index (χ1v) is 5.25. The van der Waals surface area contributed by atoms with Gasteiger partial charge < -0.3 is 16.0 Å². The molecule has 2 amide bonds. The maximum atomic E-state index is 11.4. The van der Waals surface area contributed by atoms with Gasteiger partial charge in [-0.2, -0.15) is 0 Å². The van der Waals surface area contributed by atoms with Crippen LogP contribution < -0.4 is 11.1 Å². The smallest absolute Gasteiger partial charge is 0.321 e. The Labute approximate surface area is 97.6 Å². The van der Waals surface area contributed by atoms with Gasteiger partial charge in [0.1, 0.15) is 0 Å². The van der Waals surface area contributed by atoms with E-state index in [4.69, 9.17) is 5.73 Å². The molecule has 82 valence electrons. The van der Waals surface area contributed by atoms with Crippen molar-refractivity contribution in [3.8, 4) is 0 Å². The molecule has 0 unspecified atom stereocenters. The molecule has 0 saturated heterocycles. The molecule has 3 N–H and O–H groups in total. The highest BCUT2D eigenvalue weighted by molar-refractivity contribution is 9.10. The van der Waals surface area contributed by atoms with Gasteiger partial charge >= 0.3 is 6.03 Å². The number of nitrogen functional groups attached to an aromatic ring is 1. The quantitative estimate of drug-likeness (QED) is 0.771. The number of urea groups is 1. The molecule has 0 atom stereocenters. The van der Waals surface area contributed by atoms with Gasteiger partial charge in [-0.1, -0.05) is 0 Å². The molecule has 0 heterocycles. The third-order valence-corrected chi connectivity index (χ3v) is 2.66. The molecule has 0 fully saturated rings. The van der Waals surface area contributed by atoms with E-state index in [9.17, 15) is 4.79 Å². The number of rotatable bonds is 1. The molecule has 5 heteroatoms. The van der Waals surface area contributed by atoms with Gasteiger partial charge in [0.2, 0.25) is 0 Å². The predicted molar refractivity (Wildman–Crippen MR) is 66.0 cm³/mol. The number of anilines is 2. The van der Waals surface area contributed by atoms with Crippen molar-refractivity contribution >= 4 is 33.3 Å². The zero-order valence-electron chi connectivity index (χ0n) is 8.97. The number of carbonyl (C=O) groups is 1. The van der Waals surface area contributed by atoms with Crippen molar-refractivity contribution < 1.29 is 4.79 Å². The summed E-state index contributed by atoms with van der Waals surface area (Å²) in [7, 11) is 3.36. The largest absolute Gasteiger partial charge is 0.398 e. The molecule has 1 rings (SSSR count). The fraction of sp³-hybridized carbons (Fsp3) is 0.300. The third kappa shape index (κ3) is 2.86. The predicted octanol–water partition coefficient (Wildman–Crippen LogP) is 2.43. The zero-order valence-corrected chi connectivity index (χ0v) is 10.6. The Balaban J connectivity index is 2.96. The molecule has 1 aromatic carbocycles. The van der Waals surface area contributed by atoms with E-state index in [1.54, 1.807) is 20.2 Å². The first-order chi connectivity index (χ1) is 6.91. The average Bonchev–Trinajstić information content (AvgIpc) is 2.13. The molecule has 0 bridgehead atoms. The van der Waals surface area contributed by atoms with Crippen LogP contribution in [0.5, 0.6) is 0 Å². The van der Waals surface area contributed by atoms with Gasteiger partial charge in [0.15, 0.2) is 0 Å². The Kier molecular flexibility index (Phi) is 3.57. The van der Waals surface area contributed by atoms with E-state index < -0.39 is 0 Å². The molecule has 0 saturated carbocycles. The van der Waals surface area contributed by atoms with Gasteiger partial charge in [0.25, 0.3) is 0 Å². The van der Waals surface area contributed by atoms with Crippen LogP contribution in [0.1, 0.15) is 5.56 Å². The lowest BCUT2D eigenvalue weighted by molar-refractivity contribution is 0.230. The minimum Gasteiger partial charge on any atom is -0.398 e. The first-order valence-electron chi connectivity index (χ1n) is 4.45. The average molecular weight is 272 g/mol. The van der Waals surface area contributed by atoms with Crippen LogP contribution in [0.25, 0.3) is 0 Å². The molecule has 15 heavy (non-hydrogen) atoms. The van der Waals surface area contributed by atoms with Crippen molar-refractivity contribution in [2.45, 2.75) is 6.92 Å². The number of nitrogens with zero attached hydrogens (tertiary/aromatic N) is 1. The van der Waals surface area contributed by atoms with E-state index in [0.29, 0.717) is 11.4 Å². The van der Waals surface area contributed by atoms with Crippen LogP contribution in [0.3, 0.4) is 0 Å². The molecule has 0 aliphatic carbocycles. The number of halogens is 1. The Morgan fingerprint density at radius 1 is 1.47 bits per heavy atom. The SMILES string of the molecule is Cc1cc(Br)c(NC(=O)N(C)C)cc1N. The van der Waals surface area contributed by atoms with Crippen LogP contribution in [-0.2, 0) is 0 Å². The first kappa shape index (κ1) is 11.8. The number of amides is 2. The second kappa shape index (κ2) is 4.53. The molecular formula is C10H14BrN3O. The molecule has 4 nitrogen and oxygen atoms in total. The van der Waals surface area contributed by atoms with Crippen molar-refractivity contribution in [1.29, 1.82) is 0 Å². The Hall–Kier alpha value is -1.23. The fourth-order valence-electron chi connectivity index (χ4n) is 1.01. The van der Waals surface area contributed by atoms with E-state index in [1.807, 2.05) is 13.0 Å². The Morgan fingerprint density at radius 3 is 2.60 bits per heavy atom. The number of aryl methyl sites for hydroxylation is 1. The number of hydrogen-bond acceptors (Lipinski definition) is 2. The summed E-state index contributed by atoms with van der Waals surface area (Å²) in [5.41, 5.74) is 8.07. The molecular weight excluding hydrogens is 258 g/mol. The van der Waals surface area contributed by atoms with Crippen molar-refractivity contribution in [2.24, 2.45) is 0 Å². The van der Waals surface area contributed by atoms with Crippen molar-refractivity contribution in [3.05, 3.63) is 22.2 Å². The topological polar surface area (TPSA) is 58.4 Å². The summed E-state index contributed by atoms with van der Waals surface area (Å²) < 4.78 is 0.824. The van der Waals surface area contributed by atoms with Gasteiger partial charge in [0, 0.05) is 24.3 Å². The van der Waals surface area contributed by atoms with E-state index in [0.717, 1.165) is 10.0 Å². The number of nitrogens with one attached hydrogen (secondary N) is 1. The van der Waals surface area contributed by atoms with Gasteiger partial charge in [0.05, 0.1) is 5.69 Å². The van der Waals surface area contributed by atoms with Gasteiger partial charge in [-0.15, -0.1) is 0 Å². The van der Waals surface area contributed by atoms with E-state index >= 15 is 0 Å². The van der Waals surface area contributed by atoms with Gasteiger partial charge in [-0.3, -0.25) is 0 Å². The number of nitrogens with two attached hydrogens (primary N) is 1. The Morgan fingerprint density at radius 2 is 2.07 bits per heavy atom. The standard InChI is InChI=1S/C10H14BrN3O/c1-6-4-7(11)9(5-8(6)12)13-10(15)14(2)3/h4-5H,12H2,1-3H3,(H,13,15). The maximum absolute atomic E-state index is 11.4. The van der Waals surface area contributed by atoms with Crippen LogP contribution in [0, 0.1) is 6.92 Å². The van der Waals surface area contributed by atoms with E-state index in [-0.39, 0.29) is 6.03 Å². The highest BCUT2D eigenvalue weighted by atomic mass is 79.9. The third-order valence-electron chi connectivity index (χ3n) is 2.00. The van der Waals surface area contributed by atoms with E-state index in [2.05, 4.69) is 21.2 Å². The number of benzene rings is 1. The number of hydrogen-bond donors (Lipinski definition) is 2. The summed E-state index contributed by atoms with van der Waals surface area (Å²) in [5, 5.41) is 2.74. The highest BCUT2D eigenvalue weighted by Gasteiger charge is 2.08. The fourth-order valence-corrected chi connectivity index (χ4v) is 1.57.